The van der Waals surface area contributed by atoms with E-state index in [1.54, 1.807) is 0 Å². The van der Waals surface area contributed by atoms with Crippen LogP contribution in [-0.2, 0) is 0 Å². The van der Waals surface area contributed by atoms with Crippen molar-refractivity contribution in [3.63, 3.8) is 0 Å². The summed E-state index contributed by atoms with van der Waals surface area (Å²) >= 11 is 0. The van der Waals surface area contributed by atoms with Crippen molar-refractivity contribution in [1.82, 2.24) is 0 Å². The average molecular weight is 119 g/mol. The molecule has 0 aliphatic heterocycles. The Morgan fingerprint density at radius 2 is 1.33 bits per heavy atom. The fourth-order valence-electron chi connectivity index (χ4n) is 0. The molecule has 0 radical (unpaired) electrons. The first-order valence-corrected chi connectivity index (χ1v) is 0.548. The standard InChI is InChI=1S/NO3.Na.H3P/c2-1(3)4;;/h;;1H3/q-1;+1;. The molecule has 0 aromatic rings. The van der Waals surface area contributed by atoms with Crippen molar-refractivity contribution in [3.8, 4) is 0 Å². The Morgan fingerprint density at radius 1 is 1.33 bits per heavy atom. The van der Waals surface area contributed by atoms with Gasteiger partial charge in [0.25, 0.3) is 0 Å². The molecule has 1 atom stereocenters. The van der Waals surface area contributed by atoms with Gasteiger partial charge < -0.3 is 15.3 Å². The van der Waals surface area contributed by atoms with Gasteiger partial charge in [-0.1, -0.05) is 0 Å². The Bertz CT molecular complexity index is 33.8. The monoisotopic (exact) mass is 119 g/mol. The van der Waals surface area contributed by atoms with E-state index in [1.165, 1.54) is 0 Å². The van der Waals surface area contributed by atoms with Crippen LogP contribution in [0.25, 0.3) is 0 Å². The summed E-state index contributed by atoms with van der Waals surface area (Å²) in [4.78, 5) is 8.25. The minimum atomic E-state index is -1.75. The van der Waals surface area contributed by atoms with Crippen molar-refractivity contribution in [2.75, 3.05) is 0 Å². The maximum absolute atomic E-state index is 8.25. The summed E-state index contributed by atoms with van der Waals surface area (Å²) in [6.45, 7) is 0. The van der Waals surface area contributed by atoms with Crippen molar-refractivity contribution >= 4 is 9.90 Å². The van der Waals surface area contributed by atoms with Crippen LogP contribution in [0.3, 0.4) is 0 Å². The van der Waals surface area contributed by atoms with Gasteiger partial charge in [-0.25, -0.2) is 0 Å². The van der Waals surface area contributed by atoms with E-state index in [1.807, 2.05) is 0 Å². The van der Waals surface area contributed by atoms with E-state index in [0.29, 0.717) is 0 Å². The van der Waals surface area contributed by atoms with Gasteiger partial charge in [0.05, 0.1) is 5.09 Å². The van der Waals surface area contributed by atoms with E-state index in [9.17, 15) is 0 Å². The zero-order valence-electron chi connectivity index (χ0n) is 3.38. The first-order valence-electron chi connectivity index (χ1n) is 0.548. The first kappa shape index (κ1) is 15.9. The van der Waals surface area contributed by atoms with Crippen LogP contribution in [0, 0.1) is 15.3 Å². The molecule has 1 unspecified atom stereocenters. The summed E-state index contributed by atoms with van der Waals surface area (Å²) in [5.41, 5.74) is 0. The summed E-state index contributed by atoms with van der Waals surface area (Å²) in [5, 5.41) is 14.8. The fourth-order valence-corrected chi connectivity index (χ4v) is 0. The molecule has 32 valence electrons. The van der Waals surface area contributed by atoms with E-state index < -0.39 is 5.09 Å². The molecule has 6 heteroatoms. The molecule has 4 nitrogen and oxygen atoms in total. The van der Waals surface area contributed by atoms with Gasteiger partial charge >= 0.3 is 29.6 Å². The largest absolute Gasteiger partial charge is 1.00 e. The van der Waals surface area contributed by atoms with E-state index in [2.05, 4.69) is 0 Å². The van der Waals surface area contributed by atoms with Crippen LogP contribution >= 0.6 is 9.90 Å². The maximum atomic E-state index is 8.25. The zero-order valence-corrected chi connectivity index (χ0v) is 6.79. The maximum Gasteiger partial charge on any atom is 1.00 e. The minimum Gasteiger partial charge on any atom is -0.356 e. The van der Waals surface area contributed by atoms with Gasteiger partial charge in [0.1, 0.15) is 0 Å². The third-order valence-electron chi connectivity index (χ3n) is 0. The Kier molecular flexibility index (Phi) is 24.3. The summed E-state index contributed by atoms with van der Waals surface area (Å²) in [6, 6.07) is 0. The van der Waals surface area contributed by atoms with Crippen LogP contribution in [0.1, 0.15) is 0 Å². The van der Waals surface area contributed by atoms with Gasteiger partial charge in [0.2, 0.25) is 0 Å². The van der Waals surface area contributed by atoms with Crippen molar-refractivity contribution in [2.45, 2.75) is 0 Å². The molecular weight excluding hydrogens is 116 g/mol. The van der Waals surface area contributed by atoms with Crippen LogP contribution in [0.5, 0.6) is 0 Å². The van der Waals surface area contributed by atoms with E-state index in [-0.39, 0.29) is 39.5 Å². The molecular formula is H3NNaO3P. The molecule has 0 saturated heterocycles. The van der Waals surface area contributed by atoms with Crippen LogP contribution < -0.4 is 29.6 Å². The first-order chi connectivity index (χ1) is 1.73. The molecule has 0 spiro atoms. The Morgan fingerprint density at radius 3 is 1.33 bits per heavy atom. The Labute approximate surface area is 59.9 Å². The van der Waals surface area contributed by atoms with E-state index in [4.69, 9.17) is 15.3 Å². The van der Waals surface area contributed by atoms with Gasteiger partial charge in [0, 0.05) is 0 Å². The number of hydrogen-bond donors (Lipinski definition) is 0. The third-order valence-corrected chi connectivity index (χ3v) is 0. The van der Waals surface area contributed by atoms with Gasteiger partial charge in [-0.05, 0) is 0 Å². The van der Waals surface area contributed by atoms with E-state index in [0.717, 1.165) is 0 Å². The molecule has 6 heavy (non-hydrogen) atoms. The fraction of sp³-hybridized carbons (Fsp3) is 0. The predicted octanol–water partition coefficient (Wildman–Crippen LogP) is -3.18. The average Bonchev–Trinajstić information content (AvgIpc) is 0.811. The second kappa shape index (κ2) is 9.16. The van der Waals surface area contributed by atoms with Crippen molar-refractivity contribution in [1.29, 1.82) is 0 Å². The molecule has 0 aliphatic rings. The van der Waals surface area contributed by atoms with Gasteiger partial charge in [-0.3, -0.25) is 0 Å². The van der Waals surface area contributed by atoms with Gasteiger partial charge in [-0.15, -0.1) is 0 Å². The SMILES string of the molecule is O=[N+]([O-])[O-].P.[Na+]. The smallest absolute Gasteiger partial charge is 0.356 e. The van der Waals surface area contributed by atoms with Crippen LogP contribution in [-0.4, -0.2) is 5.09 Å². The number of hydrogen-bond acceptors (Lipinski definition) is 3. The van der Waals surface area contributed by atoms with Crippen LogP contribution in [0.2, 0.25) is 0 Å². The Balaban J connectivity index is -0.0000000450. The second-order valence-corrected chi connectivity index (χ2v) is 0.224. The normalized spacial score (nSPS) is 4.00. The Hall–Kier alpha value is 0.630. The molecule has 0 saturated carbocycles. The van der Waals surface area contributed by atoms with Crippen molar-refractivity contribution in [3.05, 3.63) is 15.3 Å². The van der Waals surface area contributed by atoms with Gasteiger partial charge in [0.15, 0.2) is 0 Å². The topological polar surface area (TPSA) is 66.2 Å². The molecule has 0 rings (SSSR count). The third kappa shape index (κ3) is 154. The quantitative estimate of drug-likeness (QED) is 0.146. The molecule has 0 heterocycles. The molecule has 0 amide bonds. The molecule has 0 fully saturated rings. The summed E-state index contributed by atoms with van der Waals surface area (Å²) in [7, 11) is 0. The molecule has 0 N–H and O–H groups in total. The predicted molar refractivity (Wildman–Crippen MR) is 21.5 cm³/mol. The van der Waals surface area contributed by atoms with Gasteiger partial charge in [-0.2, -0.15) is 9.90 Å². The summed E-state index contributed by atoms with van der Waals surface area (Å²) < 4.78 is 0. The summed E-state index contributed by atoms with van der Waals surface area (Å²) in [5.74, 6) is 0. The van der Waals surface area contributed by atoms with Crippen molar-refractivity contribution in [2.24, 2.45) is 0 Å². The summed E-state index contributed by atoms with van der Waals surface area (Å²) in [6.07, 6.45) is 0. The molecule has 0 aromatic heterocycles. The van der Waals surface area contributed by atoms with Crippen LogP contribution in [0.4, 0.5) is 0 Å². The van der Waals surface area contributed by atoms with E-state index >= 15 is 0 Å². The molecule has 0 bridgehead atoms. The van der Waals surface area contributed by atoms with Crippen LogP contribution in [0.15, 0.2) is 0 Å². The second-order valence-electron chi connectivity index (χ2n) is 0.224. The molecule has 0 aliphatic carbocycles. The molecule has 0 aromatic carbocycles. The number of rotatable bonds is 0. The zero-order chi connectivity index (χ0) is 3.58. The number of nitrogens with zero attached hydrogens (tertiary/aromatic N) is 1. The van der Waals surface area contributed by atoms with Crippen molar-refractivity contribution < 1.29 is 34.6 Å². The minimum absolute atomic E-state index is 0.